The first-order valence-corrected chi connectivity index (χ1v) is 6.75. The molecule has 1 heterocycles. The number of halogens is 2. The van der Waals surface area contributed by atoms with E-state index in [1.165, 1.54) is 12.1 Å². The first-order chi connectivity index (χ1) is 9.51. The van der Waals surface area contributed by atoms with E-state index >= 15 is 0 Å². The van der Waals surface area contributed by atoms with Crippen LogP contribution in [0.2, 0.25) is 5.02 Å². The van der Waals surface area contributed by atoms with E-state index in [1.807, 2.05) is 18.2 Å². The van der Waals surface area contributed by atoms with Gasteiger partial charge in [0.25, 0.3) is 0 Å². The lowest BCUT2D eigenvalue weighted by molar-refractivity contribution is 0.0767. The number of carbonyl (C=O) groups excluding carboxylic acids is 1. The average molecular weight is 309 g/mol. The smallest absolute Gasteiger partial charge is 0.215 e. The molecular formula is C15H10Cl2O3. The summed E-state index contributed by atoms with van der Waals surface area (Å²) in [4.78, 5) is 12.2. The maximum atomic E-state index is 12.2. The van der Waals surface area contributed by atoms with Gasteiger partial charge in [0.1, 0.15) is 10.8 Å². The van der Waals surface area contributed by atoms with E-state index in [1.54, 1.807) is 12.1 Å². The van der Waals surface area contributed by atoms with Crippen molar-refractivity contribution < 1.29 is 14.6 Å². The molecule has 1 aliphatic heterocycles. The zero-order valence-electron chi connectivity index (χ0n) is 10.3. The highest BCUT2D eigenvalue weighted by Gasteiger charge is 2.41. The minimum absolute atomic E-state index is 0.00324. The number of carbonyl (C=O) groups is 1. The molecule has 5 heteroatoms. The van der Waals surface area contributed by atoms with Gasteiger partial charge in [-0.15, -0.1) is 0 Å². The Morgan fingerprint density at radius 3 is 2.55 bits per heavy atom. The Labute approximate surface area is 125 Å². The van der Waals surface area contributed by atoms with E-state index < -0.39 is 5.06 Å². The summed E-state index contributed by atoms with van der Waals surface area (Å²) in [6, 6.07) is 11.9. The van der Waals surface area contributed by atoms with Crippen molar-refractivity contribution in [2.24, 2.45) is 0 Å². The minimum Gasteiger partial charge on any atom is -0.506 e. The van der Waals surface area contributed by atoms with Gasteiger partial charge in [-0.25, -0.2) is 0 Å². The number of hydrogen-bond acceptors (Lipinski definition) is 3. The lowest BCUT2D eigenvalue weighted by Crippen LogP contribution is -2.34. The second kappa shape index (κ2) is 4.69. The molecule has 102 valence electrons. The molecule has 2 aromatic rings. The van der Waals surface area contributed by atoms with Crippen LogP contribution in [-0.2, 0) is 5.06 Å². The number of benzene rings is 2. The van der Waals surface area contributed by atoms with Crippen molar-refractivity contribution in [2.45, 2.75) is 11.5 Å². The van der Waals surface area contributed by atoms with Crippen molar-refractivity contribution in [2.75, 3.05) is 0 Å². The maximum Gasteiger partial charge on any atom is 0.215 e. The van der Waals surface area contributed by atoms with Crippen LogP contribution in [0.5, 0.6) is 11.5 Å². The molecule has 0 saturated heterocycles. The Balaban J connectivity index is 2.13. The number of ketones is 1. The van der Waals surface area contributed by atoms with Crippen molar-refractivity contribution >= 4 is 29.0 Å². The van der Waals surface area contributed by atoms with Crippen LogP contribution in [0.25, 0.3) is 0 Å². The zero-order valence-corrected chi connectivity index (χ0v) is 11.8. The first-order valence-electron chi connectivity index (χ1n) is 5.99. The molecule has 3 nitrogen and oxygen atoms in total. The number of Topliss-reactive ketones (excluding diaryl/α,β-unsaturated/α-hetero) is 1. The molecule has 2 aromatic carbocycles. The van der Waals surface area contributed by atoms with E-state index in [9.17, 15) is 9.90 Å². The fourth-order valence-electron chi connectivity index (χ4n) is 2.21. The van der Waals surface area contributed by atoms with Crippen LogP contribution in [0.15, 0.2) is 42.5 Å². The minimum atomic E-state index is -1.30. The summed E-state index contributed by atoms with van der Waals surface area (Å²) in [6.45, 7) is 0. The van der Waals surface area contributed by atoms with Gasteiger partial charge in [-0.05, 0) is 12.1 Å². The lowest BCUT2D eigenvalue weighted by atomic mass is 9.95. The number of alkyl halides is 1. The van der Waals surface area contributed by atoms with Crippen LogP contribution < -0.4 is 4.74 Å². The quantitative estimate of drug-likeness (QED) is 0.807. The maximum absolute atomic E-state index is 12.2. The normalized spacial score (nSPS) is 21.2. The van der Waals surface area contributed by atoms with E-state index in [2.05, 4.69) is 0 Å². The molecule has 0 saturated carbocycles. The third-order valence-corrected chi connectivity index (χ3v) is 4.03. The molecule has 3 rings (SSSR count). The summed E-state index contributed by atoms with van der Waals surface area (Å²) in [7, 11) is 0. The van der Waals surface area contributed by atoms with Crippen LogP contribution in [0.4, 0.5) is 0 Å². The standard InChI is InChI=1S/C15H10Cl2O3/c16-13-11(18)7-6-10-12(19)8-15(17,20-14(10)13)9-4-2-1-3-5-9/h1-7,18H,8H2. The molecule has 0 bridgehead atoms. The first kappa shape index (κ1) is 13.3. The van der Waals surface area contributed by atoms with Gasteiger partial charge in [-0.2, -0.15) is 0 Å². The summed E-state index contributed by atoms with van der Waals surface area (Å²) in [5.41, 5.74) is 1.00. The van der Waals surface area contributed by atoms with Crippen LogP contribution in [0, 0.1) is 0 Å². The molecule has 20 heavy (non-hydrogen) atoms. The number of ether oxygens (including phenoxy) is 1. The van der Waals surface area contributed by atoms with Gasteiger partial charge in [-0.1, -0.05) is 53.5 Å². The summed E-state index contributed by atoms with van der Waals surface area (Å²) in [6.07, 6.45) is 0.00662. The molecule has 1 N–H and O–H groups in total. The molecule has 1 unspecified atom stereocenters. The highest BCUT2D eigenvalue weighted by atomic mass is 35.5. The van der Waals surface area contributed by atoms with Crippen LogP contribution in [0.3, 0.4) is 0 Å². The van der Waals surface area contributed by atoms with Gasteiger partial charge in [0.15, 0.2) is 11.5 Å². The predicted octanol–water partition coefficient (Wildman–Crippen LogP) is 4.10. The molecule has 0 fully saturated rings. The second-order valence-corrected chi connectivity index (χ2v) is 5.56. The molecule has 0 aliphatic carbocycles. The third kappa shape index (κ3) is 2.03. The van der Waals surface area contributed by atoms with Gasteiger partial charge >= 0.3 is 0 Å². The van der Waals surface area contributed by atoms with Gasteiger partial charge in [-0.3, -0.25) is 4.79 Å². The second-order valence-electron chi connectivity index (χ2n) is 4.57. The van der Waals surface area contributed by atoms with Gasteiger partial charge in [0.2, 0.25) is 5.06 Å². The fourth-order valence-corrected chi connectivity index (χ4v) is 2.74. The van der Waals surface area contributed by atoms with Gasteiger partial charge in [0, 0.05) is 5.56 Å². The largest absolute Gasteiger partial charge is 0.506 e. The summed E-state index contributed by atoms with van der Waals surface area (Å²) in [5.74, 6) is -0.194. The predicted molar refractivity (Wildman–Crippen MR) is 76.7 cm³/mol. The van der Waals surface area contributed by atoms with Crippen molar-refractivity contribution in [3.8, 4) is 11.5 Å². The molecule has 0 amide bonds. The number of rotatable bonds is 1. The SMILES string of the molecule is O=C1CC(Cl)(c2ccccc2)Oc2c1ccc(O)c2Cl. The number of fused-ring (bicyclic) bond motifs is 1. The Hall–Kier alpha value is -1.71. The lowest BCUT2D eigenvalue weighted by Gasteiger charge is -2.33. The van der Waals surface area contributed by atoms with E-state index in [4.69, 9.17) is 27.9 Å². The van der Waals surface area contributed by atoms with Crippen molar-refractivity contribution in [3.05, 3.63) is 58.6 Å². The highest BCUT2D eigenvalue weighted by Crippen LogP contribution is 2.47. The summed E-state index contributed by atoms with van der Waals surface area (Å²) < 4.78 is 5.74. The zero-order chi connectivity index (χ0) is 14.3. The van der Waals surface area contributed by atoms with Crippen molar-refractivity contribution in [1.29, 1.82) is 0 Å². The molecule has 0 aromatic heterocycles. The number of phenolic OH excluding ortho intramolecular Hbond substituents is 1. The topological polar surface area (TPSA) is 46.5 Å². The third-order valence-electron chi connectivity index (χ3n) is 3.23. The van der Waals surface area contributed by atoms with Crippen molar-refractivity contribution in [3.63, 3.8) is 0 Å². The molecule has 1 atom stereocenters. The molecule has 0 radical (unpaired) electrons. The Morgan fingerprint density at radius 2 is 1.85 bits per heavy atom. The molecular weight excluding hydrogens is 299 g/mol. The van der Waals surface area contributed by atoms with Crippen LogP contribution >= 0.6 is 23.2 Å². The highest BCUT2D eigenvalue weighted by molar-refractivity contribution is 6.34. The number of aromatic hydroxyl groups is 1. The van der Waals surface area contributed by atoms with Crippen molar-refractivity contribution in [1.82, 2.24) is 0 Å². The summed E-state index contributed by atoms with van der Waals surface area (Å²) >= 11 is 12.5. The Morgan fingerprint density at radius 1 is 1.15 bits per heavy atom. The number of hydrogen-bond donors (Lipinski definition) is 1. The van der Waals surface area contributed by atoms with E-state index in [0.29, 0.717) is 11.1 Å². The van der Waals surface area contributed by atoms with E-state index in [-0.39, 0.29) is 28.7 Å². The molecule has 1 aliphatic rings. The van der Waals surface area contributed by atoms with Gasteiger partial charge < -0.3 is 9.84 Å². The number of phenols is 1. The fraction of sp³-hybridized carbons (Fsp3) is 0.133. The molecule has 0 spiro atoms. The van der Waals surface area contributed by atoms with Gasteiger partial charge in [0.05, 0.1) is 12.0 Å². The monoisotopic (exact) mass is 308 g/mol. The van der Waals surface area contributed by atoms with Crippen LogP contribution in [0.1, 0.15) is 22.3 Å². The average Bonchev–Trinajstić information content (AvgIpc) is 2.44. The van der Waals surface area contributed by atoms with Crippen LogP contribution in [-0.4, -0.2) is 10.9 Å². The Bertz CT molecular complexity index is 685. The van der Waals surface area contributed by atoms with E-state index in [0.717, 1.165) is 0 Å². The summed E-state index contributed by atoms with van der Waals surface area (Å²) in [5, 5.41) is 8.33. The Kier molecular flexibility index (Phi) is 3.11.